The molecule has 2 aromatic carbocycles. The maximum absolute atomic E-state index is 13.0. The molecule has 0 bridgehead atoms. The molecular formula is C16H17N3O3S. The molecular weight excluding hydrogens is 314 g/mol. The van der Waals surface area contributed by atoms with Gasteiger partial charge in [0.2, 0.25) is 0 Å². The SMILES string of the molecule is Cc1ccc(C)c(S(=O)(=O)n2c(=O)[nH]c3cc(C)c(N)cc32)c1. The Bertz CT molecular complexity index is 1090. The number of nitrogen functional groups attached to an aromatic ring is 1. The summed E-state index contributed by atoms with van der Waals surface area (Å²) in [6.45, 7) is 5.30. The van der Waals surface area contributed by atoms with Gasteiger partial charge in [-0.25, -0.2) is 13.2 Å². The van der Waals surface area contributed by atoms with E-state index in [1.54, 1.807) is 39.0 Å². The normalized spacial score (nSPS) is 12.0. The first-order valence-electron chi connectivity index (χ1n) is 7.05. The molecule has 120 valence electrons. The van der Waals surface area contributed by atoms with Crippen molar-refractivity contribution in [1.29, 1.82) is 0 Å². The van der Waals surface area contributed by atoms with E-state index in [1.165, 1.54) is 6.07 Å². The molecule has 0 radical (unpaired) electrons. The number of anilines is 1. The Hall–Kier alpha value is -2.54. The molecule has 0 saturated heterocycles. The smallest absolute Gasteiger partial charge is 0.340 e. The second-order valence-corrected chi connectivity index (χ2v) is 7.45. The zero-order valence-corrected chi connectivity index (χ0v) is 13.9. The third kappa shape index (κ3) is 2.33. The van der Waals surface area contributed by atoms with Gasteiger partial charge in [-0.1, -0.05) is 12.1 Å². The molecule has 1 heterocycles. The van der Waals surface area contributed by atoms with Crippen LogP contribution in [0, 0.1) is 20.8 Å². The first-order valence-corrected chi connectivity index (χ1v) is 8.49. The fraction of sp³-hybridized carbons (Fsp3) is 0.188. The molecule has 3 N–H and O–H groups in total. The van der Waals surface area contributed by atoms with Crippen molar-refractivity contribution in [3.05, 3.63) is 57.5 Å². The summed E-state index contributed by atoms with van der Waals surface area (Å²) in [7, 11) is -4.02. The van der Waals surface area contributed by atoms with Crippen LogP contribution in [0.5, 0.6) is 0 Å². The van der Waals surface area contributed by atoms with Crippen LogP contribution in [-0.2, 0) is 10.0 Å². The van der Waals surface area contributed by atoms with E-state index in [4.69, 9.17) is 5.73 Å². The van der Waals surface area contributed by atoms with Gasteiger partial charge in [0.15, 0.2) is 0 Å². The van der Waals surface area contributed by atoms with Gasteiger partial charge in [-0.15, -0.1) is 0 Å². The second kappa shape index (κ2) is 4.99. The van der Waals surface area contributed by atoms with E-state index in [0.29, 0.717) is 16.8 Å². The molecule has 0 aliphatic heterocycles. The molecule has 6 nitrogen and oxygen atoms in total. The Balaban J connectivity index is 2.40. The molecule has 0 atom stereocenters. The van der Waals surface area contributed by atoms with Gasteiger partial charge < -0.3 is 10.7 Å². The Morgan fingerprint density at radius 3 is 2.43 bits per heavy atom. The average Bonchev–Trinajstić information content (AvgIpc) is 2.77. The molecule has 3 aromatic rings. The summed E-state index contributed by atoms with van der Waals surface area (Å²) in [5.41, 5.74) is 8.45. The minimum atomic E-state index is -4.02. The van der Waals surface area contributed by atoms with Gasteiger partial charge in [0.1, 0.15) is 0 Å². The van der Waals surface area contributed by atoms with Crippen molar-refractivity contribution in [1.82, 2.24) is 8.96 Å². The summed E-state index contributed by atoms with van der Waals surface area (Å²) in [4.78, 5) is 15.0. The number of aromatic nitrogens is 2. The van der Waals surface area contributed by atoms with Crippen molar-refractivity contribution in [3.8, 4) is 0 Å². The monoisotopic (exact) mass is 331 g/mol. The molecule has 0 unspecified atom stereocenters. The summed E-state index contributed by atoms with van der Waals surface area (Å²) >= 11 is 0. The first-order chi connectivity index (χ1) is 10.7. The summed E-state index contributed by atoms with van der Waals surface area (Å²) in [5.74, 6) is 0. The molecule has 0 amide bonds. The third-order valence-electron chi connectivity index (χ3n) is 3.89. The average molecular weight is 331 g/mol. The number of rotatable bonds is 2. The van der Waals surface area contributed by atoms with Crippen molar-refractivity contribution in [3.63, 3.8) is 0 Å². The quantitative estimate of drug-likeness (QED) is 0.702. The summed E-state index contributed by atoms with van der Waals surface area (Å²) in [5, 5.41) is 0. The predicted octanol–water partition coefficient (Wildman–Crippen LogP) is 2.07. The molecule has 0 aliphatic rings. The van der Waals surface area contributed by atoms with E-state index >= 15 is 0 Å². The molecule has 3 rings (SSSR count). The highest BCUT2D eigenvalue weighted by Gasteiger charge is 2.24. The molecule has 1 aromatic heterocycles. The van der Waals surface area contributed by atoms with E-state index in [0.717, 1.165) is 15.1 Å². The number of aryl methyl sites for hydroxylation is 3. The highest BCUT2D eigenvalue weighted by Crippen LogP contribution is 2.24. The van der Waals surface area contributed by atoms with Crippen LogP contribution < -0.4 is 11.4 Å². The van der Waals surface area contributed by atoms with Crippen LogP contribution >= 0.6 is 0 Å². The highest BCUT2D eigenvalue weighted by atomic mass is 32.2. The lowest BCUT2D eigenvalue weighted by Crippen LogP contribution is -2.25. The number of nitrogens with one attached hydrogen (secondary N) is 1. The Kier molecular flexibility index (Phi) is 3.33. The van der Waals surface area contributed by atoms with E-state index in [1.807, 2.05) is 6.07 Å². The predicted molar refractivity (Wildman–Crippen MR) is 90.2 cm³/mol. The fourth-order valence-corrected chi connectivity index (χ4v) is 4.26. The van der Waals surface area contributed by atoms with Gasteiger partial charge in [0.25, 0.3) is 10.0 Å². The van der Waals surface area contributed by atoms with Gasteiger partial charge in [-0.2, -0.15) is 3.97 Å². The molecule has 0 spiro atoms. The highest BCUT2D eigenvalue weighted by molar-refractivity contribution is 7.90. The number of aromatic amines is 1. The van der Waals surface area contributed by atoms with Crippen LogP contribution in [0.2, 0.25) is 0 Å². The van der Waals surface area contributed by atoms with Crippen LogP contribution in [-0.4, -0.2) is 17.4 Å². The minimum Gasteiger partial charge on any atom is -0.398 e. The molecule has 23 heavy (non-hydrogen) atoms. The Morgan fingerprint density at radius 1 is 1.04 bits per heavy atom. The summed E-state index contributed by atoms with van der Waals surface area (Å²) in [6, 6.07) is 8.29. The molecule has 0 fully saturated rings. The van der Waals surface area contributed by atoms with Crippen LogP contribution in [0.4, 0.5) is 5.69 Å². The van der Waals surface area contributed by atoms with Crippen molar-refractivity contribution >= 4 is 26.7 Å². The third-order valence-corrected chi connectivity index (χ3v) is 5.73. The molecule has 7 heteroatoms. The van der Waals surface area contributed by atoms with Gasteiger partial charge in [0.05, 0.1) is 15.9 Å². The van der Waals surface area contributed by atoms with Gasteiger partial charge in [0, 0.05) is 5.69 Å². The fourth-order valence-electron chi connectivity index (χ4n) is 2.58. The van der Waals surface area contributed by atoms with Crippen molar-refractivity contribution < 1.29 is 8.42 Å². The molecule has 0 saturated carbocycles. The maximum Gasteiger partial charge on any atom is 0.340 e. The maximum atomic E-state index is 13.0. The van der Waals surface area contributed by atoms with Crippen LogP contribution in [0.25, 0.3) is 11.0 Å². The number of imidazole rings is 1. The Labute approximate surface area is 133 Å². The summed E-state index contributed by atoms with van der Waals surface area (Å²) < 4.78 is 26.8. The number of fused-ring (bicyclic) bond motifs is 1. The van der Waals surface area contributed by atoms with E-state index in [9.17, 15) is 13.2 Å². The van der Waals surface area contributed by atoms with Crippen LogP contribution in [0.15, 0.2) is 40.0 Å². The lowest BCUT2D eigenvalue weighted by atomic mass is 10.2. The first kappa shape index (κ1) is 15.4. The van der Waals surface area contributed by atoms with Gasteiger partial charge >= 0.3 is 5.69 Å². The minimum absolute atomic E-state index is 0.111. The largest absolute Gasteiger partial charge is 0.398 e. The van der Waals surface area contributed by atoms with Crippen molar-refractivity contribution in [2.45, 2.75) is 25.7 Å². The van der Waals surface area contributed by atoms with Crippen molar-refractivity contribution in [2.24, 2.45) is 0 Å². The number of nitrogens with two attached hydrogens (primary N) is 1. The van der Waals surface area contributed by atoms with E-state index < -0.39 is 15.7 Å². The van der Waals surface area contributed by atoms with E-state index in [-0.39, 0.29) is 10.4 Å². The Morgan fingerprint density at radius 2 is 1.74 bits per heavy atom. The number of hydrogen-bond acceptors (Lipinski definition) is 4. The lowest BCUT2D eigenvalue weighted by molar-refractivity contribution is 0.586. The lowest BCUT2D eigenvalue weighted by Gasteiger charge is -2.10. The molecule has 0 aliphatic carbocycles. The summed E-state index contributed by atoms with van der Waals surface area (Å²) in [6.07, 6.45) is 0. The standard InChI is InChI=1S/C16H17N3O3S/c1-9-4-5-10(2)15(6-9)23(21,22)19-14-8-12(17)11(3)7-13(14)18-16(19)20/h4-8H,17H2,1-3H3,(H,18,20). The van der Waals surface area contributed by atoms with Crippen LogP contribution in [0.3, 0.4) is 0 Å². The zero-order chi connectivity index (χ0) is 16.9. The van der Waals surface area contributed by atoms with Crippen molar-refractivity contribution in [2.75, 3.05) is 5.73 Å². The number of hydrogen-bond donors (Lipinski definition) is 2. The number of H-pyrrole nitrogens is 1. The van der Waals surface area contributed by atoms with Crippen LogP contribution in [0.1, 0.15) is 16.7 Å². The van der Waals surface area contributed by atoms with E-state index in [2.05, 4.69) is 4.98 Å². The second-order valence-electron chi connectivity index (χ2n) is 5.69. The zero-order valence-electron chi connectivity index (χ0n) is 13.0. The topological polar surface area (TPSA) is 98.0 Å². The van der Waals surface area contributed by atoms with Gasteiger partial charge in [-0.05, 0) is 55.7 Å². The number of benzene rings is 2. The van der Waals surface area contributed by atoms with Gasteiger partial charge in [-0.3, -0.25) is 0 Å². The number of nitrogens with zero attached hydrogens (tertiary/aromatic N) is 1.